The molecule has 0 spiro atoms. The predicted octanol–water partition coefficient (Wildman–Crippen LogP) is 2.17. The molecule has 0 unspecified atom stereocenters. The highest BCUT2D eigenvalue weighted by Gasteiger charge is 2.26. The molecule has 1 aliphatic rings. The Bertz CT molecular complexity index is 589. The van der Waals surface area contributed by atoms with Gasteiger partial charge in [-0.25, -0.2) is 13.4 Å². The number of nitrogens with one attached hydrogen (secondary N) is 1. The van der Waals surface area contributed by atoms with Crippen molar-refractivity contribution in [3.05, 3.63) is 12.3 Å². The number of hydrogen-bond donors (Lipinski definition) is 1. The van der Waals surface area contributed by atoms with Gasteiger partial charge in [-0.1, -0.05) is 0 Å². The monoisotopic (exact) mass is 300 g/mol. The van der Waals surface area contributed by atoms with E-state index in [0.717, 1.165) is 19.1 Å². The Hall–Kier alpha value is -1.50. The van der Waals surface area contributed by atoms with Gasteiger partial charge in [0, 0.05) is 6.07 Å². The van der Waals surface area contributed by atoms with Gasteiger partial charge in [0.2, 0.25) is 15.9 Å². The molecule has 20 heavy (non-hydrogen) atoms. The van der Waals surface area contributed by atoms with E-state index >= 15 is 0 Å². The number of sulfonamides is 1. The van der Waals surface area contributed by atoms with Crippen LogP contribution < -0.4 is 14.2 Å². The largest absolute Gasteiger partial charge is 0.487 e. The van der Waals surface area contributed by atoms with E-state index < -0.39 is 15.6 Å². The predicted molar refractivity (Wildman–Crippen MR) is 76.7 cm³/mol. The average molecular weight is 300 g/mol. The average Bonchev–Trinajstić information content (AvgIpc) is 3.01. The first-order valence-electron chi connectivity index (χ1n) is 6.46. The summed E-state index contributed by atoms with van der Waals surface area (Å²) in [5.41, 5.74) is -0.0533. The fourth-order valence-electron chi connectivity index (χ4n) is 1.53. The molecule has 6 nitrogen and oxygen atoms in total. The molecule has 0 bridgehead atoms. The van der Waals surface area contributed by atoms with Crippen molar-refractivity contribution in [2.24, 2.45) is 0 Å². The van der Waals surface area contributed by atoms with E-state index in [1.807, 2.05) is 20.8 Å². The fourth-order valence-corrected chi connectivity index (χ4v) is 2.09. The SMILES string of the molecule is CC(C)(C)Oc1cc(NS(C)(=O)=O)c(OC2CC2)cn1. The minimum Gasteiger partial charge on any atom is -0.487 e. The van der Waals surface area contributed by atoms with Crippen molar-refractivity contribution in [1.29, 1.82) is 0 Å². The molecule has 0 atom stereocenters. The molecule has 1 aromatic heterocycles. The third kappa shape index (κ3) is 4.88. The molecule has 0 aromatic carbocycles. The van der Waals surface area contributed by atoms with Gasteiger partial charge < -0.3 is 9.47 Å². The molecule has 0 aliphatic heterocycles. The van der Waals surface area contributed by atoms with Gasteiger partial charge in [-0.05, 0) is 33.6 Å². The minimum atomic E-state index is -3.39. The quantitative estimate of drug-likeness (QED) is 0.901. The lowest BCUT2D eigenvalue weighted by molar-refractivity contribution is 0.124. The molecule has 7 heteroatoms. The van der Waals surface area contributed by atoms with Crippen LogP contribution >= 0.6 is 0 Å². The zero-order valence-corrected chi connectivity index (χ0v) is 13.0. The molecule has 1 aromatic rings. The van der Waals surface area contributed by atoms with Gasteiger partial charge in [-0.15, -0.1) is 0 Å². The highest BCUT2D eigenvalue weighted by atomic mass is 32.2. The molecule has 1 N–H and O–H groups in total. The summed E-state index contributed by atoms with van der Waals surface area (Å²) in [5, 5.41) is 0. The standard InChI is InChI=1S/C13H20N2O4S/c1-13(2,3)19-12-7-10(15-20(4,16)17)11(8-14-12)18-9-5-6-9/h7-9H,5-6H2,1-4H3,(H,14,15). The highest BCUT2D eigenvalue weighted by molar-refractivity contribution is 7.92. The smallest absolute Gasteiger partial charge is 0.229 e. The lowest BCUT2D eigenvalue weighted by Crippen LogP contribution is -2.23. The first-order chi connectivity index (χ1) is 9.12. The van der Waals surface area contributed by atoms with E-state index in [0.29, 0.717) is 17.3 Å². The maximum Gasteiger partial charge on any atom is 0.229 e. The van der Waals surface area contributed by atoms with Crippen LogP contribution in [0, 0.1) is 0 Å². The van der Waals surface area contributed by atoms with Crippen LogP contribution in [0.3, 0.4) is 0 Å². The van der Waals surface area contributed by atoms with Gasteiger partial charge in [0.1, 0.15) is 5.60 Å². The molecule has 0 radical (unpaired) electrons. The second kappa shape index (κ2) is 5.12. The molecule has 112 valence electrons. The Morgan fingerprint density at radius 1 is 1.35 bits per heavy atom. The van der Waals surface area contributed by atoms with Crippen molar-refractivity contribution in [3.8, 4) is 11.6 Å². The second-order valence-corrected chi connectivity index (χ2v) is 7.67. The lowest BCUT2D eigenvalue weighted by Gasteiger charge is -2.21. The van der Waals surface area contributed by atoms with Gasteiger partial charge in [0.05, 0.1) is 24.2 Å². The first kappa shape index (κ1) is 14.9. The number of pyridine rings is 1. The summed E-state index contributed by atoms with van der Waals surface area (Å²) in [6.45, 7) is 5.69. The van der Waals surface area contributed by atoms with Gasteiger partial charge in [0.15, 0.2) is 5.75 Å². The molecular formula is C13H20N2O4S. The van der Waals surface area contributed by atoms with Crippen LogP contribution in [-0.2, 0) is 10.0 Å². The number of hydrogen-bond acceptors (Lipinski definition) is 5. The zero-order chi connectivity index (χ0) is 15.0. The first-order valence-corrected chi connectivity index (χ1v) is 8.35. The van der Waals surface area contributed by atoms with E-state index in [2.05, 4.69) is 9.71 Å². The fraction of sp³-hybridized carbons (Fsp3) is 0.615. The van der Waals surface area contributed by atoms with Crippen LogP contribution in [0.25, 0.3) is 0 Å². The van der Waals surface area contributed by atoms with Crippen molar-refractivity contribution in [1.82, 2.24) is 4.98 Å². The van der Waals surface area contributed by atoms with Gasteiger partial charge in [-0.3, -0.25) is 4.72 Å². The Kier molecular flexibility index (Phi) is 3.82. The van der Waals surface area contributed by atoms with Crippen LogP contribution in [-0.4, -0.2) is 31.4 Å². The normalized spacial score (nSPS) is 15.8. The van der Waals surface area contributed by atoms with Crippen molar-refractivity contribution >= 4 is 15.7 Å². The van der Waals surface area contributed by atoms with Crippen LogP contribution in [0.5, 0.6) is 11.6 Å². The van der Waals surface area contributed by atoms with Crippen molar-refractivity contribution in [2.75, 3.05) is 11.0 Å². The lowest BCUT2D eigenvalue weighted by atomic mass is 10.2. The summed E-state index contributed by atoms with van der Waals surface area (Å²) >= 11 is 0. The maximum atomic E-state index is 11.4. The van der Waals surface area contributed by atoms with Crippen LogP contribution in [0.1, 0.15) is 33.6 Å². The zero-order valence-electron chi connectivity index (χ0n) is 12.1. The molecule has 1 saturated carbocycles. The summed E-state index contributed by atoms with van der Waals surface area (Å²) in [5.74, 6) is 0.783. The van der Waals surface area contributed by atoms with Gasteiger partial charge >= 0.3 is 0 Å². The molecule has 1 fully saturated rings. The van der Waals surface area contributed by atoms with Crippen molar-refractivity contribution in [3.63, 3.8) is 0 Å². The third-order valence-electron chi connectivity index (χ3n) is 2.37. The van der Waals surface area contributed by atoms with Crippen LogP contribution in [0.2, 0.25) is 0 Å². The molecule has 1 heterocycles. The highest BCUT2D eigenvalue weighted by Crippen LogP contribution is 2.34. The van der Waals surface area contributed by atoms with Crippen LogP contribution in [0.4, 0.5) is 5.69 Å². The van der Waals surface area contributed by atoms with E-state index in [1.165, 1.54) is 6.20 Å². The summed E-state index contributed by atoms with van der Waals surface area (Å²) in [6, 6.07) is 1.55. The second-order valence-electron chi connectivity index (χ2n) is 5.92. The van der Waals surface area contributed by atoms with Crippen molar-refractivity contribution in [2.45, 2.75) is 45.3 Å². The number of aromatic nitrogens is 1. The molecule has 1 aliphatic carbocycles. The third-order valence-corrected chi connectivity index (χ3v) is 2.96. The Balaban J connectivity index is 2.27. The van der Waals surface area contributed by atoms with Crippen LogP contribution in [0.15, 0.2) is 12.3 Å². The number of anilines is 1. The van der Waals surface area contributed by atoms with Gasteiger partial charge in [0.25, 0.3) is 0 Å². The minimum absolute atomic E-state index is 0.159. The Morgan fingerprint density at radius 3 is 2.50 bits per heavy atom. The van der Waals surface area contributed by atoms with E-state index in [4.69, 9.17) is 9.47 Å². The number of rotatable bonds is 5. The van der Waals surface area contributed by atoms with Crippen molar-refractivity contribution < 1.29 is 17.9 Å². The van der Waals surface area contributed by atoms with E-state index in [1.54, 1.807) is 6.07 Å². The van der Waals surface area contributed by atoms with E-state index in [9.17, 15) is 8.42 Å². The van der Waals surface area contributed by atoms with E-state index in [-0.39, 0.29) is 6.10 Å². The molecule has 0 amide bonds. The van der Waals surface area contributed by atoms with Gasteiger partial charge in [-0.2, -0.15) is 0 Å². The summed E-state index contributed by atoms with van der Waals surface area (Å²) in [6.07, 6.45) is 4.72. The number of ether oxygens (including phenoxy) is 2. The Labute approximate surface area is 119 Å². The Morgan fingerprint density at radius 2 is 2.00 bits per heavy atom. The molecular weight excluding hydrogens is 280 g/mol. The molecule has 2 rings (SSSR count). The topological polar surface area (TPSA) is 77.5 Å². The number of nitrogens with zero attached hydrogens (tertiary/aromatic N) is 1. The maximum absolute atomic E-state index is 11.4. The summed E-state index contributed by atoms with van der Waals surface area (Å²) in [7, 11) is -3.39. The molecule has 0 saturated heterocycles. The summed E-state index contributed by atoms with van der Waals surface area (Å²) in [4.78, 5) is 4.15. The summed E-state index contributed by atoms with van der Waals surface area (Å²) < 4.78 is 36.6.